The fraction of sp³-hybridized carbons (Fsp3) is 0.722. The second-order valence-corrected chi connectivity index (χ2v) is 8.42. The lowest BCUT2D eigenvalue weighted by atomic mass is 9.84. The quantitative estimate of drug-likeness (QED) is 0.838. The molecule has 1 aromatic rings. The standard InChI is InChI=1S/C18H28N4O2S/c1-4-8-19-17(24)18-7-5-6-9-22(18)11-14(10-18)21-16(23)15-12(2)20-13(3)25-15/h14H,4-11H2,1-3H3,(H,19,24)(H,21,23)/t14-,18-/m0/s1. The van der Waals surface area contributed by atoms with Crippen LogP contribution in [0.3, 0.4) is 0 Å². The van der Waals surface area contributed by atoms with E-state index in [0.29, 0.717) is 17.8 Å². The molecule has 2 saturated heterocycles. The minimum absolute atomic E-state index is 0.0137. The molecule has 2 N–H and O–H groups in total. The average Bonchev–Trinajstić information content (AvgIpc) is 3.12. The molecule has 7 heteroatoms. The van der Waals surface area contributed by atoms with Gasteiger partial charge in [-0.05, 0) is 52.5 Å². The molecule has 3 heterocycles. The monoisotopic (exact) mass is 364 g/mol. The normalized spacial score (nSPS) is 26.3. The molecule has 2 aliphatic heterocycles. The highest BCUT2D eigenvalue weighted by Gasteiger charge is 2.52. The molecular formula is C18H28N4O2S. The van der Waals surface area contributed by atoms with Crippen molar-refractivity contribution in [3.05, 3.63) is 15.6 Å². The third kappa shape index (κ3) is 3.58. The van der Waals surface area contributed by atoms with Crippen LogP contribution in [0.15, 0.2) is 0 Å². The predicted molar refractivity (Wildman–Crippen MR) is 98.9 cm³/mol. The van der Waals surface area contributed by atoms with E-state index in [1.54, 1.807) is 0 Å². The van der Waals surface area contributed by atoms with Gasteiger partial charge in [0.05, 0.1) is 10.7 Å². The molecule has 2 aliphatic rings. The number of nitrogens with zero attached hydrogens (tertiary/aromatic N) is 2. The molecule has 0 spiro atoms. The van der Waals surface area contributed by atoms with Gasteiger partial charge in [0.25, 0.3) is 5.91 Å². The van der Waals surface area contributed by atoms with E-state index in [1.807, 2.05) is 13.8 Å². The Morgan fingerprint density at radius 2 is 2.16 bits per heavy atom. The summed E-state index contributed by atoms with van der Waals surface area (Å²) in [7, 11) is 0. The molecule has 0 radical (unpaired) electrons. The first-order valence-corrected chi connectivity index (χ1v) is 10.1. The highest BCUT2D eigenvalue weighted by atomic mass is 32.1. The summed E-state index contributed by atoms with van der Waals surface area (Å²) in [6.45, 7) is 8.25. The first kappa shape index (κ1) is 18.3. The van der Waals surface area contributed by atoms with Crippen molar-refractivity contribution in [3.8, 4) is 0 Å². The zero-order valence-electron chi connectivity index (χ0n) is 15.4. The van der Waals surface area contributed by atoms with Crippen molar-refractivity contribution in [2.45, 2.75) is 64.5 Å². The van der Waals surface area contributed by atoms with Gasteiger partial charge in [0.15, 0.2) is 0 Å². The van der Waals surface area contributed by atoms with E-state index in [2.05, 4.69) is 27.4 Å². The van der Waals surface area contributed by atoms with Crippen molar-refractivity contribution in [2.75, 3.05) is 19.6 Å². The van der Waals surface area contributed by atoms with Crippen LogP contribution in [0, 0.1) is 13.8 Å². The van der Waals surface area contributed by atoms with Crippen molar-refractivity contribution in [1.29, 1.82) is 0 Å². The van der Waals surface area contributed by atoms with E-state index >= 15 is 0 Å². The van der Waals surface area contributed by atoms with Gasteiger partial charge in [0.1, 0.15) is 10.4 Å². The van der Waals surface area contributed by atoms with Crippen LogP contribution < -0.4 is 10.6 Å². The Morgan fingerprint density at radius 1 is 1.36 bits per heavy atom. The van der Waals surface area contributed by atoms with Gasteiger partial charge < -0.3 is 10.6 Å². The van der Waals surface area contributed by atoms with Crippen LogP contribution in [0.4, 0.5) is 0 Å². The van der Waals surface area contributed by atoms with Gasteiger partial charge in [-0.2, -0.15) is 0 Å². The van der Waals surface area contributed by atoms with Gasteiger partial charge in [-0.1, -0.05) is 6.92 Å². The van der Waals surface area contributed by atoms with Gasteiger partial charge in [0.2, 0.25) is 5.91 Å². The number of carbonyl (C=O) groups is 2. The molecule has 2 fully saturated rings. The number of aromatic nitrogens is 1. The lowest BCUT2D eigenvalue weighted by Gasteiger charge is -2.40. The molecular weight excluding hydrogens is 336 g/mol. The van der Waals surface area contributed by atoms with E-state index in [1.165, 1.54) is 11.3 Å². The third-order valence-electron chi connectivity index (χ3n) is 5.30. The third-order valence-corrected chi connectivity index (χ3v) is 6.37. The van der Waals surface area contributed by atoms with E-state index in [4.69, 9.17) is 0 Å². The number of amides is 2. The molecule has 138 valence electrons. The molecule has 0 aromatic carbocycles. The lowest BCUT2D eigenvalue weighted by molar-refractivity contribution is -0.133. The van der Waals surface area contributed by atoms with Crippen LogP contribution in [0.2, 0.25) is 0 Å². The number of hydrogen-bond acceptors (Lipinski definition) is 5. The fourth-order valence-electron chi connectivity index (χ4n) is 4.17. The van der Waals surface area contributed by atoms with E-state index < -0.39 is 5.54 Å². The molecule has 1 aromatic heterocycles. The van der Waals surface area contributed by atoms with Crippen molar-refractivity contribution >= 4 is 23.2 Å². The summed E-state index contributed by atoms with van der Waals surface area (Å²) in [4.78, 5) is 32.8. The first-order valence-electron chi connectivity index (χ1n) is 9.24. The number of aryl methyl sites for hydroxylation is 2. The highest BCUT2D eigenvalue weighted by molar-refractivity contribution is 7.13. The highest BCUT2D eigenvalue weighted by Crippen LogP contribution is 2.38. The number of carbonyl (C=O) groups excluding carboxylic acids is 2. The van der Waals surface area contributed by atoms with E-state index in [9.17, 15) is 9.59 Å². The smallest absolute Gasteiger partial charge is 0.263 e. The maximum atomic E-state index is 12.8. The van der Waals surface area contributed by atoms with Crippen LogP contribution in [0.25, 0.3) is 0 Å². The van der Waals surface area contributed by atoms with Crippen molar-refractivity contribution < 1.29 is 9.59 Å². The second kappa shape index (κ2) is 7.41. The first-order chi connectivity index (χ1) is 12.0. The summed E-state index contributed by atoms with van der Waals surface area (Å²) in [6, 6.07) is 0.0137. The number of fused-ring (bicyclic) bond motifs is 1. The number of rotatable bonds is 5. The minimum atomic E-state index is -0.440. The zero-order chi connectivity index (χ0) is 18.0. The molecule has 2 amide bonds. The number of piperidine rings is 1. The molecule has 0 saturated carbocycles. The van der Waals surface area contributed by atoms with Crippen molar-refractivity contribution in [2.24, 2.45) is 0 Å². The van der Waals surface area contributed by atoms with Crippen LogP contribution >= 0.6 is 11.3 Å². The van der Waals surface area contributed by atoms with Crippen LogP contribution in [0.5, 0.6) is 0 Å². The number of hydrogen-bond donors (Lipinski definition) is 2. The van der Waals surface area contributed by atoms with Crippen molar-refractivity contribution in [3.63, 3.8) is 0 Å². The molecule has 0 aliphatic carbocycles. The largest absolute Gasteiger partial charge is 0.355 e. The van der Waals surface area contributed by atoms with E-state index in [-0.39, 0.29) is 17.9 Å². The summed E-state index contributed by atoms with van der Waals surface area (Å²) >= 11 is 1.43. The SMILES string of the molecule is CCCNC(=O)[C@@]12CCCCN1C[C@@H](NC(=O)c1sc(C)nc1C)C2. The average molecular weight is 365 g/mol. The Balaban J connectivity index is 1.71. The maximum absolute atomic E-state index is 12.8. The molecule has 3 rings (SSSR count). The Bertz CT molecular complexity index is 660. The molecule has 0 bridgehead atoms. The Hall–Kier alpha value is -1.47. The number of thiazole rings is 1. The topological polar surface area (TPSA) is 74.3 Å². The molecule has 0 unspecified atom stereocenters. The summed E-state index contributed by atoms with van der Waals surface area (Å²) in [5.41, 5.74) is 0.343. The Kier molecular flexibility index (Phi) is 5.43. The van der Waals surface area contributed by atoms with Gasteiger partial charge in [-0.25, -0.2) is 4.98 Å². The van der Waals surface area contributed by atoms with Crippen molar-refractivity contribution in [1.82, 2.24) is 20.5 Å². The lowest BCUT2D eigenvalue weighted by Crippen LogP contribution is -2.57. The fourth-order valence-corrected chi connectivity index (χ4v) is 4.99. The van der Waals surface area contributed by atoms with Gasteiger partial charge >= 0.3 is 0 Å². The van der Waals surface area contributed by atoms with Crippen LogP contribution in [-0.2, 0) is 4.79 Å². The van der Waals surface area contributed by atoms with Gasteiger partial charge in [0, 0.05) is 19.1 Å². The second-order valence-electron chi connectivity index (χ2n) is 7.21. The van der Waals surface area contributed by atoms with Gasteiger partial charge in [-0.3, -0.25) is 14.5 Å². The summed E-state index contributed by atoms with van der Waals surface area (Å²) in [6.07, 6.45) is 4.71. The Labute approximate surface area is 153 Å². The van der Waals surface area contributed by atoms with Gasteiger partial charge in [-0.15, -0.1) is 11.3 Å². The van der Waals surface area contributed by atoms with Crippen LogP contribution in [0.1, 0.15) is 59.4 Å². The summed E-state index contributed by atoms with van der Waals surface area (Å²) in [5.74, 6) is 0.0766. The summed E-state index contributed by atoms with van der Waals surface area (Å²) in [5, 5.41) is 7.14. The van der Waals surface area contributed by atoms with Crippen LogP contribution in [-0.4, -0.2) is 52.9 Å². The molecule has 2 atom stereocenters. The minimum Gasteiger partial charge on any atom is -0.355 e. The summed E-state index contributed by atoms with van der Waals surface area (Å²) < 4.78 is 0. The predicted octanol–water partition coefficient (Wildman–Crippen LogP) is 2.01. The zero-order valence-corrected chi connectivity index (χ0v) is 16.2. The Morgan fingerprint density at radius 3 is 2.84 bits per heavy atom. The molecule has 6 nitrogen and oxygen atoms in total. The van der Waals surface area contributed by atoms with E-state index in [0.717, 1.165) is 49.5 Å². The number of nitrogens with one attached hydrogen (secondary N) is 2. The maximum Gasteiger partial charge on any atom is 0.263 e. The molecule has 25 heavy (non-hydrogen) atoms.